The monoisotopic (exact) mass is 323 g/mol. The molecule has 1 heterocycles. The van der Waals surface area contributed by atoms with Gasteiger partial charge in [0.2, 0.25) is 0 Å². The first-order valence-electron chi connectivity index (χ1n) is 7.79. The maximum absolute atomic E-state index is 13.1. The molecule has 0 radical (unpaired) electrons. The molecule has 0 unspecified atom stereocenters. The molecule has 0 aliphatic carbocycles. The lowest BCUT2D eigenvalue weighted by atomic mass is 10.1. The number of halogens is 1. The quantitative estimate of drug-likeness (QED) is 0.784. The van der Waals surface area contributed by atoms with Crippen LogP contribution in [0.15, 0.2) is 54.7 Å². The number of nitrogens with zero attached hydrogens (tertiary/aromatic N) is 2. The van der Waals surface area contributed by atoms with Gasteiger partial charge in [0, 0.05) is 5.69 Å². The molecule has 0 aliphatic rings. The van der Waals surface area contributed by atoms with E-state index in [2.05, 4.69) is 10.4 Å². The molecule has 4 nitrogen and oxygen atoms in total. The Morgan fingerprint density at radius 1 is 1.12 bits per heavy atom. The Balaban J connectivity index is 1.89. The number of hydrogen-bond donors (Lipinski definition) is 1. The maximum atomic E-state index is 13.1. The predicted molar refractivity (Wildman–Crippen MR) is 92.0 cm³/mol. The Labute approximate surface area is 139 Å². The number of hydrogen-bond acceptors (Lipinski definition) is 2. The summed E-state index contributed by atoms with van der Waals surface area (Å²) in [5.41, 5.74) is 3.89. The zero-order valence-electron chi connectivity index (χ0n) is 13.6. The molecule has 122 valence electrons. The van der Waals surface area contributed by atoms with Gasteiger partial charge in [0.25, 0.3) is 5.91 Å². The highest BCUT2D eigenvalue weighted by Crippen LogP contribution is 2.18. The van der Waals surface area contributed by atoms with Crippen molar-refractivity contribution in [1.82, 2.24) is 9.78 Å². The standard InChI is InChI=1S/C19H18FN3O/c1-3-18-17(19(24)22-15-8-4-13(2)5-9-15)12-21-23(18)16-10-6-14(20)7-11-16/h4-12H,3H2,1-2H3,(H,22,24). The van der Waals surface area contributed by atoms with Crippen molar-refractivity contribution < 1.29 is 9.18 Å². The third kappa shape index (κ3) is 3.20. The van der Waals surface area contributed by atoms with Gasteiger partial charge in [0.1, 0.15) is 5.82 Å². The Morgan fingerprint density at radius 2 is 1.79 bits per heavy atom. The minimum absolute atomic E-state index is 0.205. The molecule has 3 rings (SSSR count). The number of amides is 1. The first-order valence-corrected chi connectivity index (χ1v) is 7.79. The van der Waals surface area contributed by atoms with Crippen LogP contribution in [0, 0.1) is 12.7 Å². The van der Waals surface area contributed by atoms with E-state index < -0.39 is 0 Å². The second kappa shape index (κ2) is 6.66. The lowest BCUT2D eigenvalue weighted by molar-refractivity contribution is 0.102. The fourth-order valence-electron chi connectivity index (χ4n) is 2.54. The van der Waals surface area contributed by atoms with Gasteiger partial charge in [0.15, 0.2) is 0 Å². The highest BCUT2D eigenvalue weighted by Gasteiger charge is 2.17. The van der Waals surface area contributed by atoms with E-state index in [1.807, 2.05) is 38.1 Å². The summed E-state index contributed by atoms with van der Waals surface area (Å²) in [5, 5.41) is 7.18. The summed E-state index contributed by atoms with van der Waals surface area (Å²) in [7, 11) is 0. The lowest BCUT2D eigenvalue weighted by Crippen LogP contribution is -2.14. The highest BCUT2D eigenvalue weighted by atomic mass is 19.1. The smallest absolute Gasteiger partial charge is 0.259 e. The van der Waals surface area contributed by atoms with E-state index in [-0.39, 0.29) is 11.7 Å². The molecule has 0 aliphatic heterocycles. The van der Waals surface area contributed by atoms with Crippen molar-refractivity contribution in [3.63, 3.8) is 0 Å². The van der Waals surface area contributed by atoms with Crippen LogP contribution in [0.5, 0.6) is 0 Å². The third-order valence-electron chi connectivity index (χ3n) is 3.83. The van der Waals surface area contributed by atoms with Crippen LogP contribution in [0.2, 0.25) is 0 Å². The minimum Gasteiger partial charge on any atom is -0.322 e. The normalized spacial score (nSPS) is 10.6. The van der Waals surface area contributed by atoms with Gasteiger partial charge in [0.05, 0.1) is 23.1 Å². The van der Waals surface area contributed by atoms with Gasteiger partial charge < -0.3 is 5.32 Å². The van der Waals surface area contributed by atoms with E-state index in [4.69, 9.17) is 0 Å². The van der Waals surface area contributed by atoms with Gasteiger partial charge >= 0.3 is 0 Å². The van der Waals surface area contributed by atoms with Gasteiger partial charge in [-0.05, 0) is 49.7 Å². The van der Waals surface area contributed by atoms with E-state index in [1.165, 1.54) is 12.1 Å². The number of nitrogens with one attached hydrogen (secondary N) is 1. The Hall–Kier alpha value is -2.95. The van der Waals surface area contributed by atoms with E-state index in [0.717, 1.165) is 22.6 Å². The molecule has 0 atom stereocenters. The Morgan fingerprint density at radius 3 is 2.42 bits per heavy atom. The van der Waals surface area contributed by atoms with Crippen LogP contribution in [-0.2, 0) is 6.42 Å². The predicted octanol–water partition coefficient (Wildman–Crippen LogP) is 4.13. The number of aryl methyl sites for hydroxylation is 1. The first kappa shape index (κ1) is 15.9. The zero-order chi connectivity index (χ0) is 17.1. The van der Waals surface area contributed by atoms with Gasteiger partial charge in [-0.2, -0.15) is 5.10 Å². The molecule has 2 aromatic carbocycles. The van der Waals surface area contributed by atoms with Crippen LogP contribution >= 0.6 is 0 Å². The molecule has 0 fully saturated rings. The second-order valence-corrected chi connectivity index (χ2v) is 5.57. The molecule has 0 spiro atoms. The second-order valence-electron chi connectivity index (χ2n) is 5.57. The van der Waals surface area contributed by atoms with Gasteiger partial charge in [-0.25, -0.2) is 9.07 Å². The van der Waals surface area contributed by atoms with Crippen molar-refractivity contribution in [3.05, 3.63) is 77.4 Å². The fourth-order valence-corrected chi connectivity index (χ4v) is 2.54. The number of rotatable bonds is 4. The van der Waals surface area contributed by atoms with Crippen molar-refractivity contribution in [3.8, 4) is 5.69 Å². The molecule has 5 heteroatoms. The van der Waals surface area contributed by atoms with Crippen molar-refractivity contribution in [2.45, 2.75) is 20.3 Å². The summed E-state index contributed by atoms with van der Waals surface area (Å²) in [6.07, 6.45) is 2.18. The van der Waals surface area contributed by atoms with Crippen LogP contribution in [0.4, 0.5) is 10.1 Å². The number of carbonyl (C=O) groups is 1. The molecular weight excluding hydrogens is 305 g/mol. The van der Waals surface area contributed by atoms with Crippen LogP contribution in [0.3, 0.4) is 0 Å². The molecule has 1 amide bonds. The van der Waals surface area contributed by atoms with Crippen molar-refractivity contribution >= 4 is 11.6 Å². The molecule has 0 bridgehead atoms. The molecule has 3 aromatic rings. The summed E-state index contributed by atoms with van der Waals surface area (Å²) in [6, 6.07) is 13.7. The summed E-state index contributed by atoms with van der Waals surface area (Å²) in [5.74, 6) is -0.509. The fraction of sp³-hybridized carbons (Fsp3) is 0.158. The summed E-state index contributed by atoms with van der Waals surface area (Å²) >= 11 is 0. The summed E-state index contributed by atoms with van der Waals surface area (Å²) in [6.45, 7) is 3.95. The number of carbonyl (C=O) groups excluding carboxylic acids is 1. The molecular formula is C19H18FN3O. The molecule has 0 saturated carbocycles. The van der Waals surface area contributed by atoms with Crippen molar-refractivity contribution in [1.29, 1.82) is 0 Å². The Kier molecular flexibility index (Phi) is 4.42. The van der Waals surface area contributed by atoms with E-state index in [1.54, 1.807) is 23.0 Å². The SMILES string of the molecule is CCc1c(C(=O)Nc2ccc(C)cc2)cnn1-c1ccc(F)cc1. The molecule has 0 saturated heterocycles. The Bertz CT molecular complexity index is 851. The van der Waals surface area contributed by atoms with E-state index >= 15 is 0 Å². The lowest BCUT2D eigenvalue weighted by Gasteiger charge is -2.09. The van der Waals surface area contributed by atoms with Crippen LogP contribution in [0.25, 0.3) is 5.69 Å². The van der Waals surface area contributed by atoms with E-state index in [9.17, 15) is 9.18 Å². The number of anilines is 1. The average molecular weight is 323 g/mol. The van der Waals surface area contributed by atoms with Gasteiger partial charge in [-0.15, -0.1) is 0 Å². The maximum Gasteiger partial charge on any atom is 0.259 e. The van der Waals surface area contributed by atoms with Gasteiger partial charge in [-0.3, -0.25) is 4.79 Å². The highest BCUT2D eigenvalue weighted by molar-refractivity contribution is 6.05. The van der Waals surface area contributed by atoms with Gasteiger partial charge in [-0.1, -0.05) is 24.6 Å². The topological polar surface area (TPSA) is 46.9 Å². The minimum atomic E-state index is -0.304. The van der Waals surface area contributed by atoms with Crippen LogP contribution in [-0.4, -0.2) is 15.7 Å². The largest absolute Gasteiger partial charge is 0.322 e. The van der Waals surface area contributed by atoms with Crippen molar-refractivity contribution in [2.75, 3.05) is 5.32 Å². The number of aromatic nitrogens is 2. The average Bonchev–Trinajstić information content (AvgIpc) is 3.01. The number of benzene rings is 2. The van der Waals surface area contributed by atoms with E-state index in [0.29, 0.717) is 12.0 Å². The first-order chi connectivity index (χ1) is 11.6. The third-order valence-corrected chi connectivity index (χ3v) is 3.83. The summed E-state index contributed by atoms with van der Waals surface area (Å²) < 4.78 is 14.8. The summed E-state index contributed by atoms with van der Waals surface area (Å²) in [4.78, 5) is 12.6. The van der Waals surface area contributed by atoms with Crippen LogP contribution in [0.1, 0.15) is 28.5 Å². The molecule has 24 heavy (non-hydrogen) atoms. The van der Waals surface area contributed by atoms with Crippen molar-refractivity contribution in [2.24, 2.45) is 0 Å². The zero-order valence-corrected chi connectivity index (χ0v) is 13.6. The molecule has 1 N–H and O–H groups in total. The van der Waals surface area contributed by atoms with Crippen LogP contribution < -0.4 is 5.32 Å². The molecule has 1 aromatic heterocycles.